The summed E-state index contributed by atoms with van der Waals surface area (Å²) in [5, 5.41) is 0. The van der Waals surface area contributed by atoms with E-state index in [0.717, 1.165) is 6.54 Å². The number of rotatable bonds is 0. The van der Waals surface area contributed by atoms with Crippen LogP contribution in [0, 0.1) is 0 Å². The van der Waals surface area contributed by atoms with E-state index in [4.69, 9.17) is 4.74 Å². The molecule has 0 bridgehead atoms. The Hall–Kier alpha value is -0.570. The van der Waals surface area contributed by atoms with Gasteiger partial charge in [0.25, 0.3) is 5.91 Å². The number of hydrogen-bond acceptors (Lipinski definition) is 2. The molecule has 0 aromatic heterocycles. The Morgan fingerprint density at radius 2 is 2.44 bits per heavy atom. The summed E-state index contributed by atoms with van der Waals surface area (Å²) in [5.74, 6) is 0.0845. The second-order valence-corrected chi connectivity index (χ2v) is 2.27. The maximum atomic E-state index is 10.9. The number of ether oxygens (including phenoxy) is 1. The number of likely N-dealkylation sites (N-methyl/N-ethyl adjacent to an activating group) is 1. The topological polar surface area (TPSA) is 29.5 Å². The Labute approximate surface area is 54.6 Å². The van der Waals surface area contributed by atoms with Crippen molar-refractivity contribution in [3.05, 3.63) is 0 Å². The van der Waals surface area contributed by atoms with E-state index in [1.54, 1.807) is 18.9 Å². The van der Waals surface area contributed by atoms with Gasteiger partial charge in [0.05, 0.1) is 6.61 Å². The molecule has 3 nitrogen and oxygen atoms in total. The van der Waals surface area contributed by atoms with Crippen molar-refractivity contribution in [1.82, 2.24) is 4.90 Å². The summed E-state index contributed by atoms with van der Waals surface area (Å²) in [6.07, 6.45) is -0.233. The fourth-order valence-corrected chi connectivity index (χ4v) is 0.858. The maximum Gasteiger partial charge on any atom is 0.251 e. The smallest absolute Gasteiger partial charge is 0.251 e. The van der Waals surface area contributed by atoms with Crippen molar-refractivity contribution in [2.45, 2.75) is 13.0 Å². The first-order valence-corrected chi connectivity index (χ1v) is 3.08. The highest BCUT2D eigenvalue weighted by Crippen LogP contribution is 2.02. The molecule has 0 spiro atoms. The van der Waals surface area contributed by atoms with Gasteiger partial charge in [-0.25, -0.2) is 0 Å². The normalized spacial score (nSPS) is 28.9. The molecule has 0 aromatic carbocycles. The van der Waals surface area contributed by atoms with Gasteiger partial charge in [-0.15, -0.1) is 0 Å². The summed E-state index contributed by atoms with van der Waals surface area (Å²) in [7, 11) is 1.79. The van der Waals surface area contributed by atoms with Gasteiger partial charge < -0.3 is 9.64 Å². The molecule has 0 radical (unpaired) electrons. The average Bonchev–Trinajstić information content (AvgIpc) is 1.83. The minimum Gasteiger partial charge on any atom is -0.367 e. The third-order valence-electron chi connectivity index (χ3n) is 1.52. The van der Waals surface area contributed by atoms with Gasteiger partial charge in [0.1, 0.15) is 6.10 Å². The van der Waals surface area contributed by atoms with Crippen molar-refractivity contribution in [3.8, 4) is 0 Å². The summed E-state index contributed by atoms with van der Waals surface area (Å²) in [6.45, 7) is 3.17. The SMILES string of the molecule is C[C@@H]1OCCN(C)C1=O. The van der Waals surface area contributed by atoms with E-state index in [-0.39, 0.29) is 12.0 Å². The lowest BCUT2D eigenvalue weighted by Gasteiger charge is -2.26. The van der Waals surface area contributed by atoms with Crippen LogP contribution in [0.5, 0.6) is 0 Å². The molecule has 1 saturated heterocycles. The molecule has 52 valence electrons. The first-order chi connectivity index (χ1) is 4.22. The highest BCUT2D eigenvalue weighted by Gasteiger charge is 2.21. The zero-order valence-corrected chi connectivity index (χ0v) is 5.76. The third kappa shape index (κ3) is 1.21. The summed E-state index contributed by atoms with van der Waals surface area (Å²) in [5.41, 5.74) is 0. The molecule has 1 atom stereocenters. The van der Waals surface area contributed by atoms with Gasteiger partial charge in [-0.3, -0.25) is 4.79 Å². The molecular formula is C6H11NO2. The van der Waals surface area contributed by atoms with Gasteiger partial charge in [-0.1, -0.05) is 0 Å². The Bertz CT molecular complexity index is 112. The van der Waals surface area contributed by atoms with Crippen LogP contribution in [0.25, 0.3) is 0 Å². The summed E-state index contributed by atoms with van der Waals surface area (Å²) >= 11 is 0. The van der Waals surface area contributed by atoms with Gasteiger partial charge in [0.15, 0.2) is 0 Å². The molecule has 1 rings (SSSR count). The lowest BCUT2D eigenvalue weighted by molar-refractivity contribution is -0.149. The minimum absolute atomic E-state index is 0.0845. The fourth-order valence-electron chi connectivity index (χ4n) is 0.858. The van der Waals surface area contributed by atoms with E-state index >= 15 is 0 Å². The predicted molar refractivity (Wildman–Crippen MR) is 33.1 cm³/mol. The van der Waals surface area contributed by atoms with E-state index in [0.29, 0.717) is 6.61 Å². The van der Waals surface area contributed by atoms with Crippen molar-refractivity contribution in [2.75, 3.05) is 20.2 Å². The Balaban J connectivity index is 2.52. The van der Waals surface area contributed by atoms with E-state index in [9.17, 15) is 4.79 Å². The van der Waals surface area contributed by atoms with Crippen molar-refractivity contribution in [2.24, 2.45) is 0 Å². The van der Waals surface area contributed by atoms with Gasteiger partial charge in [-0.2, -0.15) is 0 Å². The number of carbonyl (C=O) groups is 1. The number of amides is 1. The van der Waals surface area contributed by atoms with Crippen LogP contribution in [0.1, 0.15) is 6.92 Å². The number of hydrogen-bond donors (Lipinski definition) is 0. The summed E-state index contributed by atoms with van der Waals surface area (Å²) < 4.78 is 5.07. The molecule has 0 saturated carbocycles. The quantitative estimate of drug-likeness (QED) is 0.455. The van der Waals surface area contributed by atoms with Crippen LogP contribution in [0.3, 0.4) is 0 Å². The highest BCUT2D eigenvalue weighted by molar-refractivity contribution is 5.80. The zero-order chi connectivity index (χ0) is 6.85. The van der Waals surface area contributed by atoms with Crippen LogP contribution in [-0.4, -0.2) is 37.1 Å². The van der Waals surface area contributed by atoms with Crippen molar-refractivity contribution in [3.63, 3.8) is 0 Å². The number of carbonyl (C=O) groups excluding carboxylic acids is 1. The van der Waals surface area contributed by atoms with Crippen LogP contribution in [-0.2, 0) is 9.53 Å². The largest absolute Gasteiger partial charge is 0.367 e. The van der Waals surface area contributed by atoms with Gasteiger partial charge in [-0.05, 0) is 6.92 Å². The Kier molecular flexibility index (Phi) is 1.71. The molecule has 0 aliphatic carbocycles. The minimum atomic E-state index is -0.233. The standard InChI is InChI=1S/C6H11NO2/c1-5-6(8)7(2)3-4-9-5/h5H,3-4H2,1-2H3/t5-/m0/s1. The molecule has 1 fully saturated rings. The van der Waals surface area contributed by atoms with Gasteiger partial charge in [0.2, 0.25) is 0 Å². The Morgan fingerprint density at radius 3 is 2.89 bits per heavy atom. The monoisotopic (exact) mass is 129 g/mol. The fraction of sp³-hybridized carbons (Fsp3) is 0.833. The lowest BCUT2D eigenvalue weighted by Crippen LogP contribution is -2.43. The summed E-state index contributed by atoms with van der Waals surface area (Å²) in [6, 6.07) is 0. The second kappa shape index (κ2) is 2.35. The van der Waals surface area contributed by atoms with Gasteiger partial charge in [0, 0.05) is 13.6 Å². The molecule has 1 aliphatic rings. The average molecular weight is 129 g/mol. The molecule has 0 N–H and O–H groups in total. The molecule has 1 heterocycles. The van der Waals surface area contributed by atoms with Crippen molar-refractivity contribution < 1.29 is 9.53 Å². The van der Waals surface area contributed by atoms with Crippen LogP contribution >= 0.6 is 0 Å². The summed E-state index contributed by atoms with van der Waals surface area (Å²) in [4.78, 5) is 12.6. The lowest BCUT2D eigenvalue weighted by atomic mass is 10.3. The number of nitrogens with zero attached hydrogens (tertiary/aromatic N) is 1. The van der Waals surface area contributed by atoms with Crippen LogP contribution in [0.15, 0.2) is 0 Å². The molecule has 1 amide bonds. The van der Waals surface area contributed by atoms with Gasteiger partial charge >= 0.3 is 0 Å². The highest BCUT2D eigenvalue weighted by atomic mass is 16.5. The van der Waals surface area contributed by atoms with Crippen molar-refractivity contribution >= 4 is 5.91 Å². The van der Waals surface area contributed by atoms with E-state index in [1.807, 2.05) is 0 Å². The predicted octanol–water partition coefficient (Wildman–Crippen LogP) is -0.137. The van der Waals surface area contributed by atoms with E-state index in [2.05, 4.69) is 0 Å². The van der Waals surface area contributed by atoms with Crippen LogP contribution in [0.4, 0.5) is 0 Å². The van der Waals surface area contributed by atoms with Crippen molar-refractivity contribution in [1.29, 1.82) is 0 Å². The van der Waals surface area contributed by atoms with Crippen LogP contribution in [0.2, 0.25) is 0 Å². The zero-order valence-electron chi connectivity index (χ0n) is 5.76. The molecular weight excluding hydrogens is 118 g/mol. The molecule has 9 heavy (non-hydrogen) atoms. The Morgan fingerprint density at radius 1 is 1.78 bits per heavy atom. The molecule has 0 aromatic rings. The number of morpholine rings is 1. The van der Waals surface area contributed by atoms with Crippen LogP contribution < -0.4 is 0 Å². The second-order valence-electron chi connectivity index (χ2n) is 2.27. The van der Waals surface area contributed by atoms with E-state index < -0.39 is 0 Å². The van der Waals surface area contributed by atoms with E-state index in [1.165, 1.54) is 0 Å². The first kappa shape index (κ1) is 6.55. The maximum absolute atomic E-state index is 10.9. The molecule has 1 aliphatic heterocycles. The molecule has 3 heteroatoms. The third-order valence-corrected chi connectivity index (χ3v) is 1.52. The molecule has 0 unspecified atom stereocenters. The first-order valence-electron chi connectivity index (χ1n) is 3.08.